The van der Waals surface area contributed by atoms with E-state index in [2.05, 4.69) is 25.7 Å². The molecule has 0 bridgehead atoms. The Bertz CT molecular complexity index is 205. The molecule has 0 aliphatic heterocycles. The van der Waals surface area contributed by atoms with Crippen LogP contribution in [0.5, 0.6) is 0 Å². The van der Waals surface area contributed by atoms with E-state index in [1.165, 1.54) is 25.7 Å². The molecular weight excluding hydrogens is 158 g/mol. The Morgan fingerprint density at radius 3 is 2.85 bits per heavy atom. The lowest BCUT2D eigenvalue weighted by molar-refractivity contribution is 0.441. The Hall–Kier alpha value is -0.460. The first-order chi connectivity index (χ1) is 6.20. The smallest absolute Gasteiger partial charge is 0.0227 e. The quantitative estimate of drug-likeness (QED) is 0.661. The predicted octanol–water partition coefficient (Wildman–Crippen LogP) is 2.93. The van der Waals surface area contributed by atoms with Crippen molar-refractivity contribution >= 4 is 0 Å². The van der Waals surface area contributed by atoms with Crippen LogP contribution in [0.25, 0.3) is 0 Å². The van der Waals surface area contributed by atoms with E-state index in [1.807, 2.05) is 6.20 Å². The van der Waals surface area contributed by atoms with Gasteiger partial charge in [0.15, 0.2) is 0 Å². The molecule has 4 atom stereocenters. The fourth-order valence-electron chi connectivity index (χ4n) is 2.89. The topological polar surface area (TPSA) is 12.0 Å². The third-order valence-electron chi connectivity index (χ3n) is 4.26. The van der Waals surface area contributed by atoms with E-state index in [4.69, 9.17) is 0 Å². The van der Waals surface area contributed by atoms with Crippen molar-refractivity contribution in [2.75, 3.05) is 0 Å². The zero-order chi connectivity index (χ0) is 9.47. The normalized spacial score (nSPS) is 42.0. The molecule has 1 nitrogen and oxygen atoms in total. The van der Waals surface area contributed by atoms with Crippen LogP contribution in [0.2, 0.25) is 0 Å². The van der Waals surface area contributed by atoms with E-state index in [0.29, 0.717) is 6.04 Å². The molecule has 0 radical (unpaired) electrons. The van der Waals surface area contributed by atoms with Crippen LogP contribution in [0.3, 0.4) is 0 Å². The Balaban J connectivity index is 1.57. The second kappa shape index (κ2) is 3.04. The Kier molecular flexibility index (Phi) is 2.13. The van der Waals surface area contributed by atoms with Crippen molar-refractivity contribution in [2.24, 2.45) is 17.3 Å². The van der Waals surface area contributed by atoms with Crippen LogP contribution in [0.1, 0.15) is 39.5 Å². The molecule has 0 aromatic heterocycles. The first kappa shape index (κ1) is 9.11. The Labute approximate surface area is 81.6 Å². The zero-order valence-electron chi connectivity index (χ0n) is 8.84. The second-order valence-corrected chi connectivity index (χ2v) is 5.00. The van der Waals surface area contributed by atoms with Gasteiger partial charge < -0.3 is 5.32 Å². The zero-order valence-corrected chi connectivity index (χ0v) is 8.84. The highest BCUT2D eigenvalue weighted by atomic mass is 14.9. The van der Waals surface area contributed by atoms with Crippen LogP contribution in [-0.4, -0.2) is 6.04 Å². The van der Waals surface area contributed by atoms with Crippen molar-refractivity contribution in [2.45, 2.75) is 45.6 Å². The Morgan fingerprint density at radius 2 is 2.38 bits per heavy atom. The van der Waals surface area contributed by atoms with E-state index in [0.717, 1.165) is 17.3 Å². The summed E-state index contributed by atoms with van der Waals surface area (Å²) in [5.41, 5.74) is 0.855. The average molecular weight is 179 g/mol. The molecule has 0 spiro atoms. The molecule has 2 aliphatic rings. The summed E-state index contributed by atoms with van der Waals surface area (Å²) < 4.78 is 0. The van der Waals surface area contributed by atoms with Gasteiger partial charge in [-0.15, -0.1) is 0 Å². The standard InChI is InChI=1S/C12H21N/c1-4-13-9(2)6-5-7-12-8-11(12)10(12)3/h4,9-11,13H,1,5-8H2,2-3H3. The van der Waals surface area contributed by atoms with Gasteiger partial charge in [-0.3, -0.25) is 0 Å². The molecule has 0 aromatic carbocycles. The summed E-state index contributed by atoms with van der Waals surface area (Å²) in [5, 5.41) is 3.24. The number of hydrogen-bond donors (Lipinski definition) is 1. The highest BCUT2D eigenvalue weighted by Gasteiger charge is 2.74. The maximum atomic E-state index is 3.68. The number of hydrogen-bond acceptors (Lipinski definition) is 1. The first-order valence-corrected chi connectivity index (χ1v) is 5.57. The molecule has 0 saturated heterocycles. The fourth-order valence-corrected chi connectivity index (χ4v) is 2.89. The third kappa shape index (κ3) is 1.49. The molecule has 2 aliphatic carbocycles. The molecule has 13 heavy (non-hydrogen) atoms. The van der Waals surface area contributed by atoms with Crippen molar-refractivity contribution in [3.05, 3.63) is 12.8 Å². The van der Waals surface area contributed by atoms with E-state index >= 15 is 0 Å². The number of fused-ring (bicyclic) bond motifs is 1. The summed E-state index contributed by atoms with van der Waals surface area (Å²) in [6.07, 6.45) is 7.51. The van der Waals surface area contributed by atoms with E-state index in [1.54, 1.807) is 0 Å². The molecule has 1 heteroatoms. The molecule has 0 amide bonds. The minimum absolute atomic E-state index is 0.611. The molecule has 2 rings (SSSR count). The van der Waals surface area contributed by atoms with Crippen LogP contribution >= 0.6 is 0 Å². The molecular formula is C12H21N. The third-order valence-corrected chi connectivity index (χ3v) is 4.26. The van der Waals surface area contributed by atoms with E-state index in [9.17, 15) is 0 Å². The van der Waals surface area contributed by atoms with Crippen molar-refractivity contribution < 1.29 is 0 Å². The highest BCUT2D eigenvalue weighted by Crippen LogP contribution is 2.81. The molecule has 2 saturated carbocycles. The van der Waals surface area contributed by atoms with Gasteiger partial charge in [-0.2, -0.15) is 0 Å². The summed E-state index contributed by atoms with van der Waals surface area (Å²) in [4.78, 5) is 0. The maximum absolute atomic E-state index is 3.68. The van der Waals surface area contributed by atoms with Crippen molar-refractivity contribution in [3.63, 3.8) is 0 Å². The summed E-state index contributed by atoms with van der Waals surface area (Å²) >= 11 is 0. The molecule has 74 valence electrons. The van der Waals surface area contributed by atoms with Crippen LogP contribution in [0, 0.1) is 17.3 Å². The molecule has 4 unspecified atom stereocenters. The lowest BCUT2D eigenvalue weighted by Crippen LogP contribution is -2.19. The number of rotatable bonds is 6. The van der Waals surface area contributed by atoms with Crippen molar-refractivity contribution in [1.82, 2.24) is 5.32 Å². The Morgan fingerprint density at radius 1 is 1.69 bits per heavy atom. The maximum Gasteiger partial charge on any atom is 0.0227 e. The minimum Gasteiger partial charge on any atom is -0.389 e. The van der Waals surface area contributed by atoms with Gasteiger partial charge in [0.25, 0.3) is 0 Å². The van der Waals surface area contributed by atoms with E-state index < -0.39 is 0 Å². The minimum atomic E-state index is 0.611. The van der Waals surface area contributed by atoms with Gasteiger partial charge in [-0.25, -0.2) is 0 Å². The van der Waals surface area contributed by atoms with Gasteiger partial charge in [-0.1, -0.05) is 19.9 Å². The van der Waals surface area contributed by atoms with Crippen molar-refractivity contribution in [1.29, 1.82) is 0 Å². The van der Waals surface area contributed by atoms with E-state index in [-0.39, 0.29) is 0 Å². The highest BCUT2D eigenvalue weighted by molar-refractivity contribution is 5.23. The largest absolute Gasteiger partial charge is 0.389 e. The van der Waals surface area contributed by atoms with Gasteiger partial charge >= 0.3 is 0 Å². The molecule has 0 aromatic rings. The van der Waals surface area contributed by atoms with Gasteiger partial charge in [-0.05, 0) is 49.6 Å². The fraction of sp³-hybridized carbons (Fsp3) is 0.833. The summed E-state index contributed by atoms with van der Waals surface area (Å²) in [7, 11) is 0. The number of nitrogens with one attached hydrogen (secondary N) is 1. The van der Waals surface area contributed by atoms with Gasteiger partial charge in [0.05, 0.1) is 0 Å². The average Bonchev–Trinajstić information content (AvgIpc) is 2.93. The lowest BCUT2D eigenvalue weighted by atomic mass is 9.99. The SMILES string of the molecule is C=CNC(C)CCCC12CC1C2C. The predicted molar refractivity (Wildman–Crippen MR) is 56.3 cm³/mol. The second-order valence-electron chi connectivity index (χ2n) is 5.00. The van der Waals surface area contributed by atoms with Crippen LogP contribution in [0.4, 0.5) is 0 Å². The first-order valence-electron chi connectivity index (χ1n) is 5.57. The summed E-state index contributed by atoms with van der Waals surface area (Å²) in [5.74, 6) is 2.20. The van der Waals surface area contributed by atoms with Gasteiger partial charge in [0, 0.05) is 6.04 Å². The van der Waals surface area contributed by atoms with Crippen LogP contribution in [0.15, 0.2) is 12.8 Å². The summed E-state index contributed by atoms with van der Waals surface area (Å²) in [6.45, 7) is 8.33. The lowest BCUT2D eigenvalue weighted by Gasteiger charge is -2.12. The molecule has 2 fully saturated rings. The van der Waals surface area contributed by atoms with Crippen molar-refractivity contribution in [3.8, 4) is 0 Å². The van der Waals surface area contributed by atoms with Gasteiger partial charge in [0.2, 0.25) is 0 Å². The monoisotopic (exact) mass is 179 g/mol. The van der Waals surface area contributed by atoms with Gasteiger partial charge in [0.1, 0.15) is 0 Å². The van der Waals surface area contributed by atoms with Crippen LogP contribution in [-0.2, 0) is 0 Å². The van der Waals surface area contributed by atoms with Crippen LogP contribution < -0.4 is 5.32 Å². The summed E-state index contributed by atoms with van der Waals surface area (Å²) in [6, 6.07) is 0.611. The molecule has 0 heterocycles. The molecule has 1 N–H and O–H groups in total.